The summed E-state index contributed by atoms with van der Waals surface area (Å²) in [7, 11) is 0. The smallest absolute Gasteiger partial charge is 0.456 e. The van der Waals surface area contributed by atoms with Gasteiger partial charge >= 0.3 is 18.1 Å². The first-order valence-electron chi connectivity index (χ1n) is 9.77. The number of rotatable bonds is 8. The molecule has 13 heteroatoms. The van der Waals surface area contributed by atoms with Crippen LogP contribution >= 0.6 is 0 Å². The molecule has 4 rings (SSSR count). The fourth-order valence-electron chi connectivity index (χ4n) is 3.20. The Morgan fingerprint density at radius 1 is 1.09 bits per heavy atom. The SMILES string of the molecule is C[C@@H](Oc1ncnn1-c1ccc(OCC(F)(F)C(F)(F)F)cc1)[C@@]1(c2ccc(F)cc2F)CO1. The van der Waals surface area contributed by atoms with Gasteiger partial charge in [-0.2, -0.15) is 36.7 Å². The van der Waals surface area contributed by atoms with E-state index >= 15 is 0 Å². The lowest BCUT2D eigenvalue weighted by Crippen LogP contribution is -2.41. The van der Waals surface area contributed by atoms with E-state index in [4.69, 9.17) is 9.47 Å². The van der Waals surface area contributed by atoms with Crippen LogP contribution in [0.25, 0.3) is 5.69 Å². The van der Waals surface area contributed by atoms with Crippen LogP contribution in [0.2, 0.25) is 0 Å². The largest absolute Gasteiger partial charge is 0.487 e. The lowest BCUT2D eigenvalue weighted by molar-refractivity contribution is -0.290. The van der Waals surface area contributed by atoms with Gasteiger partial charge in [-0.3, -0.25) is 0 Å². The number of nitrogens with zero attached hydrogens (tertiary/aromatic N) is 3. The molecule has 1 aromatic heterocycles. The molecule has 0 bridgehead atoms. The number of halogens is 7. The average Bonchev–Trinajstić information content (AvgIpc) is 3.44. The molecule has 1 fully saturated rings. The van der Waals surface area contributed by atoms with Crippen molar-refractivity contribution in [1.82, 2.24) is 14.8 Å². The van der Waals surface area contributed by atoms with E-state index in [-0.39, 0.29) is 23.9 Å². The summed E-state index contributed by atoms with van der Waals surface area (Å²) >= 11 is 0. The molecule has 2 aromatic carbocycles. The van der Waals surface area contributed by atoms with Crippen molar-refractivity contribution < 1.29 is 44.9 Å². The quantitative estimate of drug-likeness (QED) is 0.334. The fraction of sp³-hybridized carbons (Fsp3) is 0.333. The minimum absolute atomic E-state index is 0.0258. The number of hydrogen-bond acceptors (Lipinski definition) is 5. The number of aromatic nitrogens is 3. The number of ether oxygens (including phenoxy) is 3. The molecular formula is C21H16F7N3O3. The number of benzene rings is 2. The average molecular weight is 491 g/mol. The third-order valence-electron chi connectivity index (χ3n) is 5.21. The highest BCUT2D eigenvalue weighted by Gasteiger charge is 2.58. The molecule has 0 saturated carbocycles. The topological polar surface area (TPSA) is 61.7 Å². The van der Waals surface area contributed by atoms with Crippen LogP contribution in [-0.2, 0) is 10.3 Å². The Morgan fingerprint density at radius 3 is 2.35 bits per heavy atom. The molecule has 0 amide bonds. The second-order valence-electron chi connectivity index (χ2n) is 7.50. The highest BCUT2D eigenvalue weighted by atomic mass is 19.4. The zero-order valence-corrected chi connectivity index (χ0v) is 17.3. The van der Waals surface area contributed by atoms with Crippen molar-refractivity contribution in [1.29, 1.82) is 0 Å². The van der Waals surface area contributed by atoms with Crippen molar-refractivity contribution in [3.05, 3.63) is 66.0 Å². The molecule has 6 nitrogen and oxygen atoms in total. The van der Waals surface area contributed by atoms with E-state index in [1.165, 1.54) is 35.0 Å². The third-order valence-corrected chi connectivity index (χ3v) is 5.21. The van der Waals surface area contributed by atoms with Crippen LogP contribution in [0.15, 0.2) is 48.8 Å². The summed E-state index contributed by atoms with van der Waals surface area (Å²) in [5.41, 5.74) is -0.714. The molecule has 0 aliphatic carbocycles. The van der Waals surface area contributed by atoms with Crippen molar-refractivity contribution in [2.45, 2.75) is 30.7 Å². The van der Waals surface area contributed by atoms with E-state index < -0.39 is 42.0 Å². The number of alkyl halides is 5. The summed E-state index contributed by atoms with van der Waals surface area (Å²) in [5.74, 6) is -6.75. The number of hydrogen-bond donors (Lipinski definition) is 0. The molecule has 1 aliphatic heterocycles. The number of epoxide rings is 1. The molecule has 34 heavy (non-hydrogen) atoms. The standard InChI is InChI=1S/C21H16F7N3O3/c1-12(19(9-33-19)16-7-2-13(22)8-17(16)23)34-18-29-11-30-31(18)14-3-5-15(6-4-14)32-10-20(24,25)21(26,27)28/h2-8,11-12H,9-10H2,1H3/t12-,19-/m1/s1. The van der Waals surface area contributed by atoms with Crippen molar-refractivity contribution in [2.75, 3.05) is 13.2 Å². The normalized spacial score (nSPS) is 19.1. The Kier molecular flexibility index (Phi) is 5.92. The molecule has 2 atom stereocenters. The van der Waals surface area contributed by atoms with Gasteiger partial charge in [0.25, 0.3) is 0 Å². The second kappa shape index (κ2) is 8.46. The first-order valence-corrected chi connectivity index (χ1v) is 9.77. The maximum atomic E-state index is 14.3. The monoisotopic (exact) mass is 491 g/mol. The van der Waals surface area contributed by atoms with E-state index in [1.807, 2.05) is 0 Å². The van der Waals surface area contributed by atoms with Gasteiger partial charge in [-0.25, -0.2) is 8.78 Å². The van der Waals surface area contributed by atoms with Gasteiger partial charge in [-0.05, 0) is 37.3 Å². The second-order valence-corrected chi connectivity index (χ2v) is 7.50. The van der Waals surface area contributed by atoms with E-state index in [0.717, 1.165) is 18.5 Å². The van der Waals surface area contributed by atoms with Crippen molar-refractivity contribution in [3.63, 3.8) is 0 Å². The van der Waals surface area contributed by atoms with Crippen LogP contribution in [0.4, 0.5) is 30.7 Å². The third kappa shape index (κ3) is 4.52. The molecule has 1 aliphatic rings. The molecule has 0 unspecified atom stereocenters. The van der Waals surface area contributed by atoms with Gasteiger partial charge < -0.3 is 14.2 Å². The van der Waals surface area contributed by atoms with Gasteiger partial charge in [0.2, 0.25) is 0 Å². The molecule has 2 heterocycles. The molecule has 0 radical (unpaired) electrons. The summed E-state index contributed by atoms with van der Waals surface area (Å²) in [6.07, 6.45) is -5.34. The zero-order valence-electron chi connectivity index (χ0n) is 17.3. The summed E-state index contributed by atoms with van der Waals surface area (Å²) in [5, 5.41) is 4.00. The summed E-state index contributed by atoms with van der Waals surface area (Å²) in [4.78, 5) is 3.99. The Bertz CT molecular complexity index is 1160. The highest BCUT2D eigenvalue weighted by Crippen LogP contribution is 2.44. The fourth-order valence-corrected chi connectivity index (χ4v) is 3.20. The summed E-state index contributed by atoms with van der Waals surface area (Å²) in [6.45, 7) is -0.140. The first-order chi connectivity index (χ1) is 15.9. The van der Waals surface area contributed by atoms with Crippen LogP contribution in [0.3, 0.4) is 0 Å². The van der Waals surface area contributed by atoms with Gasteiger partial charge in [0.1, 0.15) is 29.8 Å². The van der Waals surface area contributed by atoms with Crippen molar-refractivity contribution in [3.8, 4) is 17.4 Å². The van der Waals surface area contributed by atoms with Crippen LogP contribution in [0, 0.1) is 11.6 Å². The van der Waals surface area contributed by atoms with Crippen molar-refractivity contribution >= 4 is 0 Å². The lowest BCUT2D eigenvalue weighted by atomic mass is 9.94. The summed E-state index contributed by atoms with van der Waals surface area (Å²) < 4.78 is 107. The van der Waals surface area contributed by atoms with Crippen LogP contribution in [-0.4, -0.2) is 46.2 Å². The molecule has 1 saturated heterocycles. The van der Waals surface area contributed by atoms with Crippen LogP contribution in [0.5, 0.6) is 11.8 Å². The Morgan fingerprint density at radius 2 is 1.76 bits per heavy atom. The van der Waals surface area contributed by atoms with Gasteiger partial charge in [0.05, 0.1) is 12.3 Å². The lowest BCUT2D eigenvalue weighted by Gasteiger charge is -2.22. The van der Waals surface area contributed by atoms with Gasteiger partial charge in [-0.15, -0.1) is 0 Å². The Balaban J connectivity index is 1.47. The van der Waals surface area contributed by atoms with E-state index in [2.05, 4.69) is 14.8 Å². The first kappa shape index (κ1) is 23.8. The van der Waals surface area contributed by atoms with Gasteiger partial charge in [0.15, 0.2) is 12.2 Å². The zero-order chi connectivity index (χ0) is 24.7. The molecular weight excluding hydrogens is 475 g/mol. The Labute approximate surface area is 187 Å². The molecule has 3 aromatic rings. The molecule has 0 N–H and O–H groups in total. The van der Waals surface area contributed by atoms with Gasteiger partial charge in [0, 0.05) is 11.6 Å². The predicted molar refractivity (Wildman–Crippen MR) is 102 cm³/mol. The van der Waals surface area contributed by atoms with Crippen molar-refractivity contribution in [2.24, 2.45) is 0 Å². The van der Waals surface area contributed by atoms with Crippen LogP contribution < -0.4 is 9.47 Å². The Hall–Kier alpha value is -3.35. The highest BCUT2D eigenvalue weighted by molar-refractivity contribution is 5.38. The minimum atomic E-state index is -5.73. The van der Waals surface area contributed by atoms with E-state index in [9.17, 15) is 30.7 Å². The van der Waals surface area contributed by atoms with E-state index in [0.29, 0.717) is 5.69 Å². The molecule has 182 valence electrons. The maximum Gasteiger partial charge on any atom is 0.456 e. The van der Waals surface area contributed by atoms with Gasteiger partial charge in [-0.1, -0.05) is 6.07 Å². The molecule has 0 spiro atoms. The minimum Gasteiger partial charge on any atom is -0.487 e. The van der Waals surface area contributed by atoms with Crippen LogP contribution in [0.1, 0.15) is 12.5 Å². The predicted octanol–water partition coefficient (Wildman–Crippen LogP) is 4.81. The summed E-state index contributed by atoms with van der Waals surface area (Å²) in [6, 6.07) is 8.12. The van der Waals surface area contributed by atoms with E-state index in [1.54, 1.807) is 6.92 Å². The maximum absolute atomic E-state index is 14.3.